The van der Waals surface area contributed by atoms with Crippen LogP contribution in [-0.2, 0) is 0 Å². The molecule has 26 heavy (non-hydrogen) atoms. The van der Waals surface area contributed by atoms with Crippen LogP contribution in [0, 0.1) is 5.92 Å². The van der Waals surface area contributed by atoms with Gasteiger partial charge in [-0.1, -0.05) is 79.6 Å². The highest BCUT2D eigenvalue weighted by Crippen LogP contribution is 2.54. The summed E-state index contributed by atoms with van der Waals surface area (Å²) in [5, 5.41) is 0. The van der Waals surface area contributed by atoms with Crippen molar-refractivity contribution in [3.8, 4) is 0 Å². The molecule has 0 aromatic heterocycles. The zero-order chi connectivity index (χ0) is 17.5. The largest absolute Gasteiger partial charge is 0.0764 e. The summed E-state index contributed by atoms with van der Waals surface area (Å²) < 4.78 is 0. The molecule has 0 aliphatic heterocycles. The van der Waals surface area contributed by atoms with Crippen LogP contribution in [0.15, 0.2) is 60.2 Å². The Hall–Kier alpha value is -2.08. The van der Waals surface area contributed by atoms with Crippen molar-refractivity contribution in [1.82, 2.24) is 0 Å². The molecule has 0 spiro atoms. The summed E-state index contributed by atoms with van der Waals surface area (Å²) in [5.74, 6) is 2.17. The third kappa shape index (κ3) is 2.58. The number of hydrogen-bond donors (Lipinski definition) is 0. The van der Waals surface area contributed by atoms with Crippen LogP contribution in [0.4, 0.5) is 0 Å². The maximum atomic E-state index is 2.44. The van der Waals surface area contributed by atoms with Crippen molar-refractivity contribution in [3.63, 3.8) is 0 Å². The number of benzene rings is 2. The van der Waals surface area contributed by atoms with E-state index in [4.69, 9.17) is 0 Å². The van der Waals surface area contributed by atoms with E-state index in [0.717, 1.165) is 11.8 Å². The first-order valence-corrected chi connectivity index (χ1v) is 10.4. The Morgan fingerprint density at radius 3 is 2.58 bits per heavy atom. The van der Waals surface area contributed by atoms with Crippen molar-refractivity contribution < 1.29 is 0 Å². The molecule has 0 saturated heterocycles. The van der Waals surface area contributed by atoms with Crippen molar-refractivity contribution in [2.24, 2.45) is 5.92 Å². The second kappa shape index (κ2) is 6.58. The average molecular weight is 341 g/mol. The molecule has 0 heterocycles. The highest BCUT2D eigenvalue weighted by molar-refractivity contribution is 5.82. The van der Waals surface area contributed by atoms with Crippen molar-refractivity contribution in [2.75, 3.05) is 0 Å². The van der Waals surface area contributed by atoms with E-state index < -0.39 is 0 Å². The Labute approximate surface area is 157 Å². The van der Waals surface area contributed by atoms with Crippen LogP contribution in [0.5, 0.6) is 0 Å². The molecular formula is C26H28. The summed E-state index contributed by atoms with van der Waals surface area (Å²) in [7, 11) is 0. The van der Waals surface area contributed by atoms with E-state index in [1.165, 1.54) is 44.1 Å². The predicted octanol–water partition coefficient (Wildman–Crippen LogP) is 7.34. The number of allylic oxidation sites excluding steroid dienone is 3. The molecule has 0 nitrogen and oxygen atoms in total. The number of fused-ring (bicyclic) bond motifs is 3. The van der Waals surface area contributed by atoms with Crippen molar-refractivity contribution in [1.29, 1.82) is 0 Å². The van der Waals surface area contributed by atoms with Crippen LogP contribution in [0.1, 0.15) is 79.5 Å². The van der Waals surface area contributed by atoms with E-state index in [2.05, 4.69) is 67.6 Å². The maximum Gasteiger partial charge on any atom is 0.00604 e. The first kappa shape index (κ1) is 16.1. The van der Waals surface area contributed by atoms with Crippen molar-refractivity contribution >= 4 is 11.6 Å². The molecule has 3 atom stereocenters. The van der Waals surface area contributed by atoms with Crippen LogP contribution in [0.3, 0.4) is 0 Å². The van der Waals surface area contributed by atoms with Gasteiger partial charge in [0.05, 0.1) is 0 Å². The summed E-state index contributed by atoms with van der Waals surface area (Å²) in [6, 6.07) is 18.1. The maximum absolute atomic E-state index is 2.44. The van der Waals surface area contributed by atoms with Gasteiger partial charge in [0, 0.05) is 11.8 Å². The molecule has 3 aliphatic carbocycles. The van der Waals surface area contributed by atoms with Gasteiger partial charge in [-0.25, -0.2) is 0 Å². The Morgan fingerprint density at radius 1 is 0.962 bits per heavy atom. The fourth-order valence-corrected chi connectivity index (χ4v) is 5.46. The van der Waals surface area contributed by atoms with Gasteiger partial charge in [0.25, 0.3) is 0 Å². The molecule has 3 unspecified atom stereocenters. The zero-order valence-electron chi connectivity index (χ0n) is 15.7. The van der Waals surface area contributed by atoms with Gasteiger partial charge in [-0.05, 0) is 65.8 Å². The summed E-state index contributed by atoms with van der Waals surface area (Å²) in [5.41, 5.74) is 9.62. The lowest BCUT2D eigenvalue weighted by Crippen LogP contribution is -2.09. The molecule has 0 amide bonds. The molecule has 2 aromatic carbocycles. The van der Waals surface area contributed by atoms with E-state index >= 15 is 0 Å². The number of hydrogen-bond acceptors (Lipinski definition) is 0. The van der Waals surface area contributed by atoms with Crippen LogP contribution < -0.4 is 0 Å². The molecule has 0 saturated carbocycles. The Bertz CT molecular complexity index is 882. The first-order chi connectivity index (χ1) is 12.8. The van der Waals surface area contributed by atoms with E-state index in [0.29, 0.717) is 5.92 Å². The second-order valence-electron chi connectivity index (χ2n) is 8.33. The lowest BCUT2D eigenvalue weighted by molar-refractivity contribution is 0.398. The van der Waals surface area contributed by atoms with Gasteiger partial charge in [0.1, 0.15) is 0 Å². The normalized spacial score (nSPS) is 23.4. The van der Waals surface area contributed by atoms with Gasteiger partial charge in [-0.15, -0.1) is 0 Å². The fraction of sp³-hybridized carbons (Fsp3) is 0.385. The predicted molar refractivity (Wildman–Crippen MR) is 111 cm³/mol. The third-order valence-electron chi connectivity index (χ3n) is 7.05. The fourth-order valence-electron chi connectivity index (χ4n) is 5.46. The van der Waals surface area contributed by atoms with E-state index in [-0.39, 0.29) is 0 Å². The van der Waals surface area contributed by atoms with Crippen molar-refractivity contribution in [2.45, 2.75) is 57.3 Å². The molecule has 0 N–H and O–H groups in total. The molecule has 0 radical (unpaired) electrons. The first-order valence-electron chi connectivity index (χ1n) is 10.4. The average Bonchev–Trinajstić information content (AvgIpc) is 3.15. The standard InChI is InChI=1S/C26H28/c1-2-18(17-20-13-12-19-7-3-4-8-21(19)20)11-14-24-22-9-5-6-10-23(22)25-15-16-26(24)25/h3-10,12-13,18,20,24H,2,11,14-17H2,1H3. The van der Waals surface area contributed by atoms with Gasteiger partial charge in [-0.2, -0.15) is 0 Å². The van der Waals surface area contributed by atoms with Crippen LogP contribution in [0.2, 0.25) is 0 Å². The van der Waals surface area contributed by atoms with Gasteiger partial charge < -0.3 is 0 Å². The minimum Gasteiger partial charge on any atom is -0.0764 e. The molecule has 2 aromatic rings. The molecule has 0 heteroatoms. The topological polar surface area (TPSA) is 0 Å². The molecule has 3 aliphatic rings. The Morgan fingerprint density at radius 2 is 1.77 bits per heavy atom. The Balaban J connectivity index is 1.27. The second-order valence-corrected chi connectivity index (χ2v) is 8.33. The summed E-state index contributed by atoms with van der Waals surface area (Å²) in [4.78, 5) is 0. The highest BCUT2D eigenvalue weighted by atomic mass is 14.4. The summed E-state index contributed by atoms with van der Waals surface area (Å²) in [6.07, 6.45) is 12.7. The molecule has 0 bridgehead atoms. The van der Waals surface area contributed by atoms with Crippen molar-refractivity contribution in [3.05, 3.63) is 82.4 Å². The van der Waals surface area contributed by atoms with Gasteiger partial charge in [0.15, 0.2) is 0 Å². The molecule has 5 rings (SSSR count). The highest BCUT2D eigenvalue weighted by Gasteiger charge is 2.35. The smallest absolute Gasteiger partial charge is 0.00604 e. The van der Waals surface area contributed by atoms with E-state index in [1.54, 1.807) is 27.8 Å². The van der Waals surface area contributed by atoms with Crippen LogP contribution >= 0.6 is 0 Å². The molecular weight excluding hydrogens is 312 g/mol. The lowest BCUT2D eigenvalue weighted by atomic mass is 9.79. The van der Waals surface area contributed by atoms with Gasteiger partial charge >= 0.3 is 0 Å². The van der Waals surface area contributed by atoms with Crippen LogP contribution in [-0.4, -0.2) is 0 Å². The molecule has 132 valence electrons. The summed E-state index contributed by atoms with van der Waals surface area (Å²) >= 11 is 0. The van der Waals surface area contributed by atoms with E-state index in [1.807, 2.05) is 0 Å². The SMILES string of the molecule is CCC(CCC1C2=C(CC2)c2ccccc21)CC1C=Cc2ccccc21. The van der Waals surface area contributed by atoms with Gasteiger partial charge in [-0.3, -0.25) is 0 Å². The number of rotatable bonds is 6. The minimum atomic E-state index is 0.630. The van der Waals surface area contributed by atoms with E-state index in [9.17, 15) is 0 Å². The van der Waals surface area contributed by atoms with Gasteiger partial charge in [0.2, 0.25) is 0 Å². The zero-order valence-corrected chi connectivity index (χ0v) is 15.7. The summed E-state index contributed by atoms with van der Waals surface area (Å²) in [6.45, 7) is 2.38. The minimum absolute atomic E-state index is 0.630. The third-order valence-corrected chi connectivity index (χ3v) is 7.05. The van der Waals surface area contributed by atoms with Crippen LogP contribution in [0.25, 0.3) is 11.6 Å². The monoisotopic (exact) mass is 340 g/mol. The Kier molecular flexibility index (Phi) is 4.08. The lowest BCUT2D eigenvalue weighted by Gasteiger charge is -2.25. The molecule has 0 fully saturated rings. The quantitative estimate of drug-likeness (QED) is 0.516.